The van der Waals surface area contributed by atoms with Gasteiger partial charge in [0.15, 0.2) is 23.3 Å². The molecule has 28 heavy (non-hydrogen) atoms. The molecule has 1 atom stereocenters. The van der Waals surface area contributed by atoms with E-state index in [1.54, 1.807) is 12.1 Å². The first-order valence-corrected chi connectivity index (χ1v) is 9.65. The van der Waals surface area contributed by atoms with E-state index in [1.165, 1.54) is 18.4 Å². The van der Waals surface area contributed by atoms with Gasteiger partial charge in [0.25, 0.3) is 0 Å². The molecule has 1 unspecified atom stereocenters. The van der Waals surface area contributed by atoms with Crippen LogP contribution in [0, 0.1) is 23.4 Å². The third-order valence-corrected chi connectivity index (χ3v) is 5.41. The Kier molecular flexibility index (Phi) is 5.16. The predicted octanol–water partition coefficient (Wildman–Crippen LogP) is 6.13. The number of hydrogen-bond donors (Lipinski definition) is 0. The third-order valence-electron chi connectivity index (χ3n) is 5.41. The van der Waals surface area contributed by atoms with Gasteiger partial charge in [-0.05, 0) is 54.0 Å². The van der Waals surface area contributed by atoms with Gasteiger partial charge in [-0.25, -0.2) is 23.1 Å². The zero-order valence-electron chi connectivity index (χ0n) is 15.7. The van der Waals surface area contributed by atoms with Crippen LogP contribution < -0.4 is 0 Å². The molecule has 0 aliphatic heterocycles. The highest BCUT2D eigenvalue weighted by molar-refractivity contribution is 5.68. The largest absolute Gasteiger partial charge is 0.236 e. The average Bonchev–Trinajstić information content (AvgIpc) is 2.71. The van der Waals surface area contributed by atoms with Crippen LogP contribution in [0.4, 0.5) is 13.2 Å². The quantitative estimate of drug-likeness (QED) is 0.507. The molecule has 1 aliphatic rings. The fourth-order valence-electron chi connectivity index (χ4n) is 3.91. The number of hydrogen-bond acceptors (Lipinski definition) is 2. The summed E-state index contributed by atoms with van der Waals surface area (Å²) in [5, 5.41) is 0. The van der Waals surface area contributed by atoms with Crippen LogP contribution in [-0.2, 0) is 12.8 Å². The van der Waals surface area contributed by atoms with Crippen molar-refractivity contribution in [2.24, 2.45) is 5.92 Å². The third kappa shape index (κ3) is 3.66. The molecular weight excluding hydrogens is 361 g/mol. The van der Waals surface area contributed by atoms with Crippen LogP contribution in [0.2, 0.25) is 0 Å². The molecule has 0 saturated carbocycles. The maximum Gasteiger partial charge on any atom is 0.194 e. The molecule has 0 bridgehead atoms. The second kappa shape index (κ2) is 7.74. The van der Waals surface area contributed by atoms with Crippen molar-refractivity contribution in [3.8, 4) is 22.5 Å². The number of aryl methyl sites for hydroxylation is 1. The van der Waals surface area contributed by atoms with Crippen molar-refractivity contribution in [2.75, 3.05) is 0 Å². The van der Waals surface area contributed by atoms with Gasteiger partial charge in [-0.3, -0.25) is 0 Å². The number of fused-ring (bicyclic) bond motifs is 1. The van der Waals surface area contributed by atoms with Gasteiger partial charge >= 0.3 is 0 Å². The van der Waals surface area contributed by atoms with E-state index >= 15 is 0 Å². The molecule has 4 rings (SSSR count). The number of halogens is 3. The topological polar surface area (TPSA) is 25.8 Å². The Balaban J connectivity index is 1.58. The van der Waals surface area contributed by atoms with Crippen molar-refractivity contribution in [1.29, 1.82) is 0 Å². The summed E-state index contributed by atoms with van der Waals surface area (Å²) < 4.78 is 40.1. The van der Waals surface area contributed by atoms with Crippen LogP contribution in [0.15, 0.2) is 42.6 Å². The lowest BCUT2D eigenvalue weighted by Gasteiger charge is -2.23. The van der Waals surface area contributed by atoms with E-state index in [1.807, 2.05) is 18.3 Å². The molecule has 0 fully saturated rings. The molecule has 1 heterocycles. The molecular formula is C23H21F3N2. The highest BCUT2D eigenvalue weighted by atomic mass is 19.2. The molecule has 3 aromatic rings. The normalized spacial score (nSPS) is 16.1. The van der Waals surface area contributed by atoms with Gasteiger partial charge in [0.2, 0.25) is 0 Å². The summed E-state index contributed by atoms with van der Waals surface area (Å²) in [4.78, 5) is 9.26. The van der Waals surface area contributed by atoms with E-state index in [0.29, 0.717) is 11.4 Å². The van der Waals surface area contributed by atoms with E-state index in [9.17, 15) is 13.2 Å². The zero-order valence-corrected chi connectivity index (χ0v) is 15.7. The van der Waals surface area contributed by atoms with Crippen LogP contribution in [0.5, 0.6) is 0 Å². The Hall–Kier alpha value is -2.69. The Morgan fingerprint density at radius 3 is 2.32 bits per heavy atom. The first kappa shape index (κ1) is 18.7. The first-order chi connectivity index (χ1) is 13.5. The molecule has 1 aromatic heterocycles. The number of rotatable bonds is 4. The monoisotopic (exact) mass is 382 g/mol. The number of aromatic nitrogens is 2. The zero-order chi connectivity index (χ0) is 19.7. The highest BCUT2D eigenvalue weighted by Gasteiger charge is 2.20. The van der Waals surface area contributed by atoms with Crippen molar-refractivity contribution in [3.63, 3.8) is 0 Å². The van der Waals surface area contributed by atoms with Crippen LogP contribution in [-0.4, -0.2) is 9.97 Å². The summed E-state index contributed by atoms with van der Waals surface area (Å²) in [7, 11) is 0. The Bertz CT molecular complexity index is 976. The molecule has 2 aromatic carbocycles. The van der Waals surface area contributed by atoms with Crippen molar-refractivity contribution < 1.29 is 13.2 Å². The van der Waals surface area contributed by atoms with E-state index in [4.69, 9.17) is 4.98 Å². The van der Waals surface area contributed by atoms with Crippen molar-refractivity contribution in [3.05, 3.63) is 71.3 Å². The van der Waals surface area contributed by atoms with Gasteiger partial charge in [-0.2, -0.15) is 0 Å². The van der Waals surface area contributed by atoms with Gasteiger partial charge in [-0.15, -0.1) is 0 Å². The second-order valence-corrected chi connectivity index (χ2v) is 7.39. The maximum atomic E-state index is 13.5. The minimum Gasteiger partial charge on any atom is -0.236 e. The van der Waals surface area contributed by atoms with Crippen LogP contribution in [0.25, 0.3) is 22.5 Å². The fourth-order valence-corrected chi connectivity index (χ4v) is 3.91. The lowest BCUT2D eigenvalue weighted by molar-refractivity contribution is 0.417. The SMILES string of the molecule is CCCC1CCc2nc(-c3ccc(-c4cc(F)c(F)c(F)c4)cc3)ncc2C1. The summed E-state index contributed by atoms with van der Waals surface area (Å²) in [6, 6.07) is 9.10. The fraction of sp³-hybridized carbons (Fsp3) is 0.304. The summed E-state index contributed by atoms with van der Waals surface area (Å²) in [6.45, 7) is 2.22. The van der Waals surface area contributed by atoms with Crippen molar-refractivity contribution >= 4 is 0 Å². The van der Waals surface area contributed by atoms with Gasteiger partial charge in [0, 0.05) is 17.5 Å². The van der Waals surface area contributed by atoms with E-state index < -0.39 is 17.5 Å². The van der Waals surface area contributed by atoms with E-state index in [2.05, 4.69) is 11.9 Å². The Morgan fingerprint density at radius 2 is 1.64 bits per heavy atom. The van der Waals surface area contributed by atoms with Gasteiger partial charge < -0.3 is 0 Å². The molecule has 1 aliphatic carbocycles. The van der Waals surface area contributed by atoms with Gasteiger partial charge in [-0.1, -0.05) is 44.0 Å². The summed E-state index contributed by atoms with van der Waals surface area (Å²) in [6.07, 6.45) is 7.56. The van der Waals surface area contributed by atoms with Crippen LogP contribution in [0.3, 0.4) is 0 Å². The maximum absolute atomic E-state index is 13.5. The molecule has 0 amide bonds. The minimum absolute atomic E-state index is 0.288. The van der Waals surface area contributed by atoms with E-state index in [-0.39, 0.29) is 5.56 Å². The minimum atomic E-state index is -1.45. The molecule has 2 nitrogen and oxygen atoms in total. The second-order valence-electron chi connectivity index (χ2n) is 7.39. The standard InChI is InChI=1S/C23H21F3N2/c1-2-3-14-4-9-21-18(10-14)13-27-23(28-21)16-7-5-15(6-8-16)17-11-19(24)22(26)20(25)12-17/h5-8,11-14H,2-4,9-10H2,1H3. The molecule has 5 heteroatoms. The van der Waals surface area contributed by atoms with Crippen molar-refractivity contribution in [1.82, 2.24) is 9.97 Å². The Morgan fingerprint density at radius 1 is 0.964 bits per heavy atom. The molecule has 0 N–H and O–H groups in total. The average molecular weight is 382 g/mol. The smallest absolute Gasteiger partial charge is 0.194 e. The van der Waals surface area contributed by atoms with Gasteiger partial charge in [0.1, 0.15) is 0 Å². The summed E-state index contributed by atoms with van der Waals surface area (Å²) >= 11 is 0. The van der Waals surface area contributed by atoms with Crippen LogP contribution in [0.1, 0.15) is 37.4 Å². The number of nitrogens with zero attached hydrogens (tertiary/aromatic N) is 2. The molecule has 0 saturated heterocycles. The first-order valence-electron chi connectivity index (χ1n) is 9.65. The molecule has 0 spiro atoms. The lowest BCUT2D eigenvalue weighted by atomic mass is 9.84. The van der Waals surface area contributed by atoms with Gasteiger partial charge in [0.05, 0.1) is 0 Å². The summed E-state index contributed by atoms with van der Waals surface area (Å²) in [5.41, 5.74) is 4.08. The molecule has 0 radical (unpaired) electrons. The lowest BCUT2D eigenvalue weighted by Crippen LogP contribution is -2.16. The summed E-state index contributed by atoms with van der Waals surface area (Å²) in [5.74, 6) is -2.47. The highest BCUT2D eigenvalue weighted by Crippen LogP contribution is 2.29. The van der Waals surface area contributed by atoms with Crippen molar-refractivity contribution in [2.45, 2.75) is 39.0 Å². The van der Waals surface area contributed by atoms with E-state index in [0.717, 1.165) is 48.6 Å². The Labute approximate surface area is 162 Å². The van der Waals surface area contributed by atoms with Crippen LogP contribution >= 0.6 is 0 Å². The number of benzene rings is 2. The predicted molar refractivity (Wildman–Crippen MR) is 103 cm³/mol. The molecule has 144 valence electrons.